The minimum atomic E-state index is -2.96. The number of hydrogen-bond donors (Lipinski definition) is 2. The van der Waals surface area contributed by atoms with E-state index in [1.54, 1.807) is 25.1 Å². The predicted octanol–water partition coefficient (Wildman–Crippen LogP) is 4.15. The van der Waals surface area contributed by atoms with E-state index in [0.29, 0.717) is 35.2 Å². The monoisotopic (exact) mass is 394 g/mol. The van der Waals surface area contributed by atoms with Crippen LogP contribution >= 0.6 is 0 Å². The molecule has 6 nitrogen and oxygen atoms in total. The molecule has 0 saturated heterocycles. The fourth-order valence-corrected chi connectivity index (χ4v) is 3.13. The van der Waals surface area contributed by atoms with E-state index in [0.717, 1.165) is 0 Å². The Morgan fingerprint density at radius 1 is 1.21 bits per heavy atom. The van der Waals surface area contributed by atoms with E-state index in [-0.39, 0.29) is 11.4 Å². The highest BCUT2D eigenvalue weighted by molar-refractivity contribution is 6.00. The zero-order valence-electron chi connectivity index (χ0n) is 16.3. The summed E-state index contributed by atoms with van der Waals surface area (Å²) in [6.07, 6.45) is 0.973. The Morgan fingerprint density at radius 2 is 1.89 bits per heavy atom. The first kappa shape index (κ1) is 21.4. The van der Waals surface area contributed by atoms with Crippen molar-refractivity contribution in [3.05, 3.63) is 52.3 Å². The predicted molar refractivity (Wildman–Crippen MR) is 99.8 cm³/mol. The number of rotatable bonds is 8. The van der Waals surface area contributed by atoms with Gasteiger partial charge in [-0.05, 0) is 31.4 Å². The third-order valence-electron chi connectivity index (χ3n) is 4.52. The van der Waals surface area contributed by atoms with E-state index in [1.807, 2.05) is 13.8 Å². The van der Waals surface area contributed by atoms with Gasteiger partial charge in [-0.2, -0.15) is 8.78 Å². The maximum Gasteiger partial charge on any atom is 0.387 e. The average molecular weight is 394 g/mol. The minimum Gasteiger partial charge on any atom is -0.465 e. The Morgan fingerprint density at radius 3 is 2.46 bits per heavy atom. The Bertz CT molecular complexity index is 849. The summed E-state index contributed by atoms with van der Waals surface area (Å²) in [6.45, 7) is 2.37. The SMILES string of the molecule is CCc1[nH]c(C(=O)NC(CC)c2ccccc2OC(F)F)c(C)c1C(=O)OC. The number of aromatic amines is 1. The van der Waals surface area contributed by atoms with Crippen LogP contribution in [-0.2, 0) is 11.2 Å². The first-order chi connectivity index (χ1) is 13.3. The fourth-order valence-electron chi connectivity index (χ4n) is 3.13. The number of nitrogens with one attached hydrogen (secondary N) is 2. The molecule has 0 spiro atoms. The first-order valence-electron chi connectivity index (χ1n) is 8.98. The van der Waals surface area contributed by atoms with Crippen LogP contribution in [0.4, 0.5) is 8.78 Å². The lowest BCUT2D eigenvalue weighted by atomic mass is 10.0. The van der Waals surface area contributed by atoms with Gasteiger partial charge in [0, 0.05) is 11.3 Å². The van der Waals surface area contributed by atoms with Crippen LogP contribution < -0.4 is 10.1 Å². The molecule has 28 heavy (non-hydrogen) atoms. The van der Waals surface area contributed by atoms with E-state index in [1.165, 1.54) is 13.2 Å². The van der Waals surface area contributed by atoms with Gasteiger partial charge in [-0.3, -0.25) is 4.79 Å². The van der Waals surface area contributed by atoms with Crippen LogP contribution in [0.1, 0.15) is 64.0 Å². The van der Waals surface area contributed by atoms with Gasteiger partial charge in [0.25, 0.3) is 5.91 Å². The van der Waals surface area contributed by atoms with Crippen LogP contribution in [0, 0.1) is 6.92 Å². The van der Waals surface area contributed by atoms with Crippen LogP contribution in [0.5, 0.6) is 5.75 Å². The normalized spacial score (nSPS) is 12.0. The highest BCUT2D eigenvalue weighted by atomic mass is 19.3. The second-order valence-electron chi connectivity index (χ2n) is 6.17. The lowest BCUT2D eigenvalue weighted by Crippen LogP contribution is -2.29. The van der Waals surface area contributed by atoms with Crippen molar-refractivity contribution in [3.8, 4) is 5.75 Å². The number of hydrogen-bond acceptors (Lipinski definition) is 4. The molecule has 0 aliphatic rings. The Hall–Kier alpha value is -2.90. The number of methoxy groups -OCH3 is 1. The molecular weight excluding hydrogens is 370 g/mol. The van der Waals surface area contributed by atoms with Crippen LogP contribution in [0.3, 0.4) is 0 Å². The molecule has 0 aliphatic carbocycles. The van der Waals surface area contributed by atoms with Crippen molar-refractivity contribution in [2.45, 2.75) is 46.3 Å². The van der Waals surface area contributed by atoms with Crippen LogP contribution in [-0.4, -0.2) is 30.6 Å². The molecule has 0 aliphatic heterocycles. The van der Waals surface area contributed by atoms with Gasteiger partial charge < -0.3 is 19.8 Å². The molecular formula is C20H24F2N2O4. The summed E-state index contributed by atoms with van der Waals surface area (Å²) in [5.74, 6) is -0.953. The van der Waals surface area contributed by atoms with Crippen LogP contribution in [0.25, 0.3) is 0 Å². The van der Waals surface area contributed by atoms with Crippen molar-refractivity contribution in [2.24, 2.45) is 0 Å². The van der Waals surface area contributed by atoms with Gasteiger partial charge in [-0.25, -0.2) is 4.79 Å². The van der Waals surface area contributed by atoms with Gasteiger partial charge in [0.2, 0.25) is 0 Å². The second-order valence-corrected chi connectivity index (χ2v) is 6.17. The highest BCUT2D eigenvalue weighted by Crippen LogP contribution is 2.29. The van der Waals surface area contributed by atoms with Gasteiger partial charge in [0.05, 0.1) is 18.7 Å². The number of carbonyl (C=O) groups excluding carboxylic acids is 2. The van der Waals surface area contributed by atoms with E-state index in [2.05, 4.69) is 15.0 Å². The Kier molecular flexibility index (Phi) is 7.14. The quantitative estimate of drug-likeness (QED) is 0.659. The third-order valence-corrected chi connectivity index (χ3v) is 4.52. The number of alkyl halides is 2. The summed E-state index contributed by atoms with van der Waals surface area (Å²) in [5, 5.41) is 2.83. The molecule has 1 unspecified atom stereocenters. The number of carbonyl (C=O) groups is 2. The maximum atomic E-state index is 12.9. The summed E-state index contributed by atoms with van der Waals surface area (Å²) in [7, 11) is 1.28. The van der Waals surface area contributed by atoms with Crippen molar-refractivity contribution >= 4 is 11.9 Å². The van der Waals surface area contributed by atoms with Crippen LogP contribution in [0.15, 0.2) is 24.3 Å². The molecule has 8 heteroatoms. The lowest BCUT2D eigenvalue weighted by Gasteiger charge is -2.20. The van der Waals surface area contributed by atoms with Gasteiger partial charge in [-0.1, -0.05) is 32.0 Å². The Labute approximate surface area is 162 Å². The molecule has 2 N–H and O–H groups in total. The molecule has 152 valence electrons. The van der Waals surface area contributed by atoms with Crippen molar-refractivity contribution in [1.29, 1.82) is 0 Å². The number of halogens is 2. The summed E-state index contributed by atoms with van der Waals surface area (Å²) in [4.78, 5) is 27.9. The minimum absolute atomic E-state index is 0.0114. The zero-order chi connectivity index (χ0) is 20.8. The first-order valence-corrected chi connectivity index (χ1v) is 8.98. The zero-order valence-corrected chi connectivity index (χ0v) is 16.3. The molecule has 2 aromatic rings. The summed E-state index contributed by atoms with van der Waals surface area (Å²) in [5.41, 5.74) is 2.11. The molecule has 2 rings (SSSR count). The molecule has 1 amide bonds. The van der Waals surface area contributed by atoms with E-state index in [4.69, 9.17) is 4.74 Å². The standard InChI is InChI=1S/C20H24F2N2O4/c1-5-13(12-9-7-8-10-15(12)28-20(21)22)24-18(25)17-11(3)16(19(26)27-4)14(6-2)23-17/h7-10,13,20,23H,5-6H2,1-4H3,(H,24,25). The Balaban J connectivity index is 2.34. The molecule has 1 aromatic heterocycles. The topological polar surface area (TPSA) is 80.4 Å². The summed E-state index contributed by atoms with van der Waals surface area (Å²) >= 11 is 0. The van der Waals surface area contributed by atoms with Crippen molar-refractivity contribution < 1.29 is 27.8 Å². The molecule has 0 saturated carbocycles. The number of esters is 1. The van der Waals surface area contributed by atoms with Crippen molar-refractivity contribution in [2.75, 3.05) is 7.11 Å². The summed E-state index contributed by atoms with van der Waals surface area (Å²) < 4.78 is 34.7. The number of benzene rings is 1. The van der Waals surface area contributed by atoms with Gasteiger partial charge in [0.15, 0.2) is 0 Å². The van der Waals surface area contributed by atoms with E-state index in [9.17, 15) is 18.4 Å². The summed E-state index contributed by atoms with van der Waals surface area (Å²) in [6, 6.07) is 5.79. The number of ether oxygens (including phenoxy) is 2. The fraction of sp³-hybridized carbons (Fsp3) is 0.400. The molecule has 1 heterocycles. The number of aromatic nitrogens is 1. The van der Waals surface area contributed by atoms with Gasteiger partial charge >= 0.3 is 12.6 Å². The number of H-pyrrole nitrogens is 1. The maximum absolute atomic E-state index is 12.9. The largest absolute Gasteiger partial charge is 0.465 e. The number of amides is 1. The smallest absolute Gasteiger partial charge is 0.387 e. The molecule has 0 radical (unpaired) electrons. The third kappa shape index (κ3) is 4.49. The highest BCUT2D eigenvalue weighted by Gasteiger charge is 2.26. The average Bonchev–Trinajstić information content (AvgIpc) is 3.02. The van der Waals surface area contributed by atoms with Gasteiger partial charge in [0.1, 0.15) is 11.4 Å². The van der Waals surface area contributed by atoms with Crippen molar-refractivity contribution in [1.82, 2.24) is 10.3 Å². The molecule has 0 fully saturated rings. The van der Waals surface area contributed by atoms with Crippen LogP contribution in [0.2, 0.25) is 0 Å². The molecule has 0 bridgehead atoms. The van der Waals surface area contributed by atoms with Gasteiger partial charge in [-0.15, -0.1) is 0 Å². The van der Waals surface area contributed by atoms with E-state index < -0.39 is 24.5 Å². The second kappa shape index (κ2) is 9.34. The molecule has 1 aromatic carbocycles. The molecule has 1 atom stereocenters. The number of para-hydroxylation sites is 1. The van der Waals surface area contributed by atoms with Crippen molar-refractivity contribution in [3.63, 3.8) is 0 Å². The number of aryl methyl sites for hydroxylation is 1. The lowest BCUT2D eigenvalue weighted by molar-refractivity contribution is -0.0507. The van der Waals surface area contributed by atoms with E-state index >= 15 is 0 Å².